The normalized spacial score (nSPS) is 11.6. The molecule has 2 aromatic carbocycles. The van der Waals surface area contributed by atoms with Gasteiger partial charge in [-0.05, 0) is 59.4 Å². The second-order valence-electron chi connectivity index (χ2n) is 7.93. The first-order valence-corrected chi connectivity index (χ1v) is 9.23. The summed E-state index contributed by atoms with van der Waals surface area (Å²) < 4.78 is 0. The second kappa shape index (κ2) is 7.42. The molecule has 0 saturated heterocycles. The summed E-state index contributed by atoms with van der Waals surface area (Å²) in [5, 5.41) is 3.81. The first-order chi connectivity index (χ1) is 11.2. The van der Waals surface area contributed by atoms with Gasteiger partial charge in [0.1, 0.15) is 0 Å². The molecular weight excluding hydrogens is 290 g/mol. The van der Waals surface area contributed by atoms with Gasteiger partial charge >= 0.3 is 0 Å². The lowest BCUT2D eigenvalue weighted by molar-refractivity contribution is 0.808. The molecule has 0 aromatic heterocycles. The zero-order valence-corrected chi connectivity index (χ0v) is 16.6. The Morgan fingerprint density at radius 2 is 1.12 bits per heavy atom. The molecule has 0 unspecified atom stereocenters. The molecule has 0 bridgehead atoms. The Morgan fingerprint density at radius 1 is 0.667 bits per heavy atom. The minimum atomic E-state index is 0.494. The molecule has 0 spiro atoms. The SMILES string of the molecule is Cc1cccc(C)c1Nc1c(C(C)C)cc(C(C)C)cc1C(C)C. The van der Waals surface area contributed by atoms with Crippen LogP contribution in [0.2, 0.25) is 0 Å². The molecule has 1 N–H and O–H groups in total. The average Bonchev–Trinajstić information content (AvgIpc) is 2.50. The predicted molar refractivity (Wildman–Crippen MR) is 108 cm³/mol. The maximum absolute atomic E-state index is 3.81. The van der Waals surface area contributed by atoms with Crippen molar-refractivity contribution in [2.45, 2.75) is 73.1 Å². The van der Waals surface area contributed by atoms with Crippen molar-refractivity contribution in [2.75, 3.05) is 5.32 Å². The van der Waals surface area contributed by atoms with Gasteiger partial charge in [0.05, 0.1) is 0 Å². The highest BCUT2D eigenvalue weighted by Gasteiger charge is 2.18. The summed E-state index contributed by atoms with van der Waals surface area (Å²) in [4.78, 5) is 0. The lowest BCUT2D eigenvalue weighted by atomic mass is 9.87. The van der Waals surface area contributed by atoms with Crippen molar-refractivity contribution >= 4 is 11.4 Å². The Labute approximate surface area is 148 Å². The first kappa shape index (κ1) is 18.6. The highest BCUT2D eigenvalue weighted by Crippen LogP contribution is 2.38. The molecule has 0 radical (unpaired) electrons. The zero-order valence-electron chi connectivity index (χ0n) is 16.6. The summed E-state index contributed by atoms with van der Waals surface area (Å²) in [5.74, 6) is 1.54. The molecule has 0 aliphatic carbocycles. The predicted octanol–water partition coefficient (Wildman–Crippen LogP) is 7.42. The van der Waals surface area contributed by atoms with Crippen LogP contribution in [0, 0.1) is 13.8 Å². The fraction of sp³-hybridized carbons (Fsp3) is 0.478. The van der Waals surface area contributed by atoms with Crippen LogP contribution in [0.5, 0.6) is 0 Å². The molecule has 0 amide bonds. The number of rotatable bonds is 5. The van der Waals surface area contributed by atoms with Crippen molar-refractivity contribution in [1.29, 1.82) is 0 Å². The third kappa shape index (κ3) is 3.83. The van der Waals surface area contributed by atoms with Crippen molar-refractivity contribution in [2.24, 2.45) is 0 Å². The summed E-state index contributed by atoms with van der Waals surface area (Å²) in [6, 6.07) is 11.3. The van der Waals surface area contributed by atoms with Gasteiger partial charge in [0.2, 0.25) is 0 Å². The molecule has 24 heavy (non-hydrogen) atoms. The van der Waals surface area contributed by atoms with Crippen LogP contribution < -0.4 is 5.32 Å². The Bertz CT molecular complexity index is 659. The van der Waals surface area contributed by atoms with Gasteiger partial charge in [-0.1, -0.05) is 71.9 Å². The number of hydrogen-bond acceptors (Lipinski definition) is 1. The van der Waals surface area contributed by atoms with Gasteiger partial charge in [-0.15, -0.1) is 0 Å². The second-order valence-corrected chi connectivity index (χ2v) is 7.93. The summed E-state index contributed by atoms with van der Waals surface area (Å²) in [6.07, 6.45) is 0. The number of benzene rings is 2. The van der Waals surface area contributed by atoms with Crippen molar-refractivity contribution in [3.8, 4) is 0 Å². The van der Waals surface area contributed by atoms with Gasteiger partial charge < -0.3 is 5.32 Å². The third-order valence-corrected chi connectivity index (χ3v) is 4.86. The van der Waals surface area contributed by atoms with Gasteiger partial charge in [0.25, 0.3) is 0 Å². The van der Waals surface area contributed by atoms with E-state index in [2.05, 4.69) is 91.0 Å². The van der Waals surface area contributed by atoms with E-state index in [1.165, 1.54) is 39.2 Å². The highest BCUT2D eigenvalue weighted by atomic mass is 14.9. The van der Waals surface area contributed by atoms with E-state index in [-0.39, 0.29) is 0 Å². The van der Waals surface area contributed by atoms with Gasteiger partial charge in [-0.3, -0.25) is 0 Å². The molecule has 2 rings (SSSR count). The van der Waals surface area contributed by atoms with Crippen LogP contribution in [-0.2, 0) is 0 Å². The highest BCUT2D eigenvalue weighted by molar-refractivity contribution is 5.73. The number of hydrogen-bond donors (Lipinski definition) is 1. The Balaban J connectivity index is 2.67. The topological polar surface area (TPSA) is 12.0 Å². The van der Waals surface area contributed by atoms with E-state index >= 15 is 0 Å². The van der Waals surface area contributed by atoms with Crippen molar-refractivity contribution in [3.05, 3.63) is 58.1 Å². The Morgan fingerprint density at radius 3 is 1.50 bits per heavy atom. The van der Waals surface area contributed by atoms with E-state index in [9.17, 15) is 0 Å². The maximum atomic E-state index is 3.81. The molecule has 0 aliphatic heterocycles. The van der Waals surface area contributed by atoms with Crippen LogP contribution in [0.1, 0.15) is 87.1 Å². The molecule has 2 aromatic rings. The molecule has 0 aliphatic rings. The smallest absolute Gasteiger partial charge is 0.0454 e. The molecule has 0 saturated carbocycles. The maximum Gasteiger partial charge on any atom is 0.0454 e. The van der Waals surface area contributed by atoms with E-state index in [0.717, 1.165) is 0 Å². The van der Waals surface area contributed by atoms with Crippen LogP contribution in [0.15, 0.2) is 30.3 Å². The van der Waals surface area contributed by atoms with Gasteiger partial charge in [0.15, 0.2) is 0 Å². The van der Waals surface area contributed by atoms with Crippen LogP contribution in [0.3, 0.4) is 0 Å². The molecule has 0 heterocycles. The summed E-state index contributed by atoms with van der Waals surface area (Å²) in [5.41, 5.74) is 9.44. The van der Waals surface area contributed by atoms with Crippen molar-refractivity contribution in [3.63, 3.8) is 0 Å². The monoisotopic (exact) mass is 323 g/mol. The lowest BCUT2D eigenvalue weighted by Crippen LogP contribution is -2.07. The minimum Gasteiger partial charge on any atom is -0.355 e. The largest absolute Gasteiger partial charge is 0.355 e. The van der Waals surface area contributed by atoms with E-state index < -0.39 is 0 Å². The molecule has 0 fully saturated rings. The molecule has 1 heteroatoms. The third-order valence-electron chi connectivity index (χ3n) is 4.86. The van der Waals surface area contributed by atoms with Crippen LogP contribution in [0.25, 0.3) is 0 Å². The van der Waals surface area contributed by atoms with Crippen LogP contribution in [-0.4, -0.2) is 0 Å². The van der Waals surface area contributed by atoms with Gasteiger partial charge in [-0.25, -0.2) is 0 Å². The molecule has 130 valence electrons. The summed E-state index contributed by atoms with van der Waals surface area (Å²) >= 11 is 0. The molecular formula is C23H33N. The fourth-order valence-corrected chi connectivity index (χ4v) is 3.24. The van der Waals surface area contributed by atoms with Gasteiger partial charge in [0, 0.05) is 11.4 Å². The number of anilines is 2. The van der Waals surface area contributed by atoms with E-state index in [4.69, 9.17) is 0 Å². The average molecular weight is 324 g/mol. The standard InChI is InChI=1S/C23H33N/c1-14(2)19-12-20(15(3)4)23(21(13-19)16(5)6)24-22-17(7)10-9-11-18(22)8/h9-16,24H,1-8H3. The lowest BCUT2D eigenvalue weighted by Gasteiger charge is -2.25. The molecule has 1 nitrogen and oxygen atoms in total. The molecule has 0 atom stereocenters. The Kier molecular flexibility index (Phi) is 5.74. The fourth-order valence-electron chi connectivity index (χ4n) is 3.24. The van der Waals surface area contributed by atoms with Crippen LogP contribution >= 0.6 is 0 Å². The summed E-state index contributed by atoms with van der Waals surface area (Å²) in [6.45, 7) is 18.1. The van der Waals surface area contributed by atoms with Crippen molar-refractivity contribution < 1.29 is 0 Å². The van der Waals surface area contributed by atoms with E-state index in [1.807, 2.05) is 0 Å². The van der Waals surface area contributed by atoms with Gasteiger partial charge in [-0.2, -0.15) is 0 Å². The number of aryl methyl sites for hydroxylation is 2. The van der Waals surface area contributed by atoms with E-state index in [0.29, 0.717) is 17.8 Å². The quantitative estimate of drug-likeness (QED) is 0.603. The minimum absolute atomic E-state index is 0.494. The number of para-hydroxylation sites is 1. The summed E-state index contributed by atoms with van der Waals surface area (Å²) in [7, 11) is 0. The van der Waals surface area contributed by atoms with Crippen LogP contribution in [0.4, 0.5) is 11.4 Å². The zero-order chi connectivity index (χ0) is 18.0. The first-order valence-electron chi connectivity index (χ1n) is 9.23. The van der Waals surface area contributed by atoms with E-state index in [1.54, 1.807) is 0 Å². The van der Waals surface area contributed by atoms with Crippen molar-refractivity contribution in [1.82, 2.24) is 0 Å². The Hall–Kier alpha value is -1.76. The number of nitrogens with one attached hydrogen (secondary N) is 1.